The van der Waals surface area contributed by atoms with Gasteiger partial charge in [-0.3, -0.25) is 14.4 Å². The average molecular weight is 418 g/mol. The van der Waals surface area contributed by atoms with Crippen molar-refractivity contribution in [3.8, 4) is 5.75 Å². The van der Waals surface area contributed by atoms with Crippen molar-refractivity contribution < 1.29 is 19.2 Å². The molecule has 0 aromatic heterocycles. The zero-order chi connectivity index (χ0) is 21.6. The van der Waals surface area contributed by atoms with Crippen molar-refractivity contribution in [3.63, 3.8) is 0 Å². The molecule has 6 nitrogen and oxygen atoms in total. The van der Waals surface area contributed by atoms with E-state index in [0.29, 0.717) is 25.3 Å². The third-order valence-electron chi connectivity index (χ3n) is 5.67. The van der Waals surface area contributed by atoms with Crippen molar-refractivity contribution in [2.75, 3.05) is 20.2 Å². The number of rotatable bonds is 6. The lowest BCUT2D eigenvalue weighted by Crippen LogP contribution is -2.45. The number of likely N-dealkylation sites (tertiary alicyclic amines) is 1. The molecule has 3 aromatic rings. The number of piperidine rings is 1. The predicted octanol–water partition coefficient (Wildman–Crippen LogP) is 3.95. The Bertz CT molecular complexity index is 1070. The van der Waals surface area contributed by atoms with E-state index < -0.39 is 0 Å². The lowest BCUT2D eigenvalue weighted by molar-refractivity contribution is -0.140. The van der Waals surface area contributed by atoms with Gasteiger partial charge in [0.1, 0.15) is 5.75 Å². The van der Waals surface area contributed by atoms with E-state index in [9.17, 15) is 9.59 Å². The summed E-state index contributed by atoms with van der Waals surface area (Å²) < 4.78 is 5.43. The molecule has 0 radical (unpaired) electrons. The van der Waals surface area contributed by atoms with Crippen molar-refractivity contribution >= 4 is 22.6 Å². The second-order valence-electron chi connectivity index (χ2n) is 7.69. The number of methoxy groups -OCH3 is 1. The highest BCUT2D eigenvalue weighted by atomic mass is 16.6. The van der Waals surface area contributed by atoms with Crippen molar-refractivity contribution in [1.29, 1.82) is 0 Å². The van der Waals surface area contributed by atoms with Gasteiger partial charge in [0, 0.05) is 24.0 Å². The molecular formula is C25H26N2O4. The second-order valence-corrected chi connectivity index (χ2v) is 7.69. The highest BCUT2D eigenvalue weighted by molar-refractivity contribution is 6.08. The lowest BCUT2D eigenvalue weighted by Gasteiger charge is -2.32. The minimum atomic E-state index is -0.294. The van der Waals surface area contributed by atoms with Gasteiger partial charge in [-0.15, -0.1) is 0 Å². The van der Waals surface area contributed by atoms with Gasteiger partial charge < -0.3 is 9.64 Å². The third-order valence-corrected chi connectivity index (χ3v) is 5.67. The molecule has 6 heteroatoms. The van der Waals surface area contributed by atoms with Crippen molar-refractivity contribution in [1.82, 2.24) is 10.4 Å². The summed E-state index contributed by atoms with van der Waals surface area (Å²) >= 11 is 0. The Kier molecular flexibility index (Phi) is 6.48. The van der Waals surface area contributed by atoms with Gasteiger partial charge in [0.15, 0.2) is 0 Å². The monoisotopic (exact) mass is 418 g/mol. The quantitative estimate of drug-likeness (QED) is 0.616. The van der Waals surface area contributed by atoms with Crippen molar-refractivity contribution in [2.45, 2.75) is 19.4 Å². The molecule has 1 fully saturated rings. The van der Waals surface area contributed by atoms with Crippen LogP contribution in [0.3, 0.4) is 0 Å². The third kappa shape index (κ3) is 4.70. The summed E-state index contributed by atoms with van der Waals surface area (Å²) in [5.74, 6) is 0.186. The van der Waals surface area contributed by atoms with Gasteiger partial charge in [0.2, 0.25) is 5.91 Å². The molecule has 1 aliphatic heterocycles. The minimum absolute atomic E-state index is 0.0680. The summed E-state index contributed by atoms with van der Waals surface area (Å²) in [4.78, 5) is 33.0. The number of hydrogen-bond acceptors (Lipinski definition) is 4. The van der Waals surface area contributed by atoms with Crippen LogP contribution >= 0.6 is 0 Å². The molecule has 0 bridgehead atoms. The van der Waals surface area contributed by atoms with Crippen LogP contribution < -0.4 is 10.2 Å². The number of nitrogens with zero attached hydrogens (tertiary/aromatic N) is 1. The van der Waals surface area contributed by atoms with Crippen LogP contribution in [0.4, 0.5) is 0 Å². The highest BCUT2D eigenvalue weighted by Crippen LogP contribution is 2.30. The smallest absolute Gasteiger partial charge is 0.254 e. The predicted molar refractivity (Wildman–Crippen MR) is 119 cm³/mol. The molecule has 31 heavy (non-hydrogen) atoms. The fourth-order valence-corrected chi connectivity index (χ4v) is 4.03. The first-order chi connectivity index (χ1) is 15.2. The molecule has 1 N–H and O–H groups in total. The van der Waals surface area contributed by atoms with Gasteiger partial charge in [-0.05, 0) is 35.9 Å². The van der Waals surface area contributed by atoms with Gasteiger partial charge in [0.25, 0.3) is 5.91 Å². The van der Waals surface area contributed by atoms with E-state index in [0.717, 1.165) is 34.9 Å². The standard InChI is InChI=1S/C25H26N2O4/c1-30-23-14-13-22(20-11-5-6-12-21(20)23)25(29)27-15-7-10-19(16-27)24(28)26-31-17-18-8-3-2-4-9-18/h2-6,8-9,11-14,19H,7,10,15-17H2,1H3,(H,26,28). The molecule has 0 aliphatic carbocycles. The van der Waals surface area contributed by atoms with E-state index >= 15 is 0 Å². The van der Waals surface area contributed by atoms with Gasteiger partial charge >= 0.3 is 0 Å². The minimum Gasteiger partial charge on any atom is -0.496 e. The molecular weight excluding hydrogens is 392 g/mol. The molecule has 1 aliphatic rings. The molecule has 1 saturated heterocycles. The van der Waals surface area contributed by atoms with E-state index in [1.54, 1.807) is 18.1 Å². The molecule has 2 amide bonds. The van der Waals surface area contributed by atoms with Crippen molar-refractivity contribution in [2.24, 2.45) is 5.92 Å². The number of hydroxylamine groups is 1. The number of ether oxygens (including phenoxy) is 1. The van der Waals surface area contributed by atoms with Gasteiger partial charge in [0.05, 0.1) is 19.6 Å². The van der Waals surface area contributed by atoms with Gasteiger partial charge in [-0.2, -0.15) is 0 Å². The first-order valence-electron chi connectivity index (χ1n) is 10.5. The zero-order valence-electron chi connectivity index (χ0n) is 17.5. The molecule has 160 valence electrons. The van der Waals surface area contributed by atoms with Gasteiger partial charge in [-0.1, -0.05) is 54.6 Å². The summed E-state index contributed by atoms with van der Waals surface area (Å²) in [7, 11) is 1.62. The van der Waals surface area contributed by atoms with Crippen LogP contribution in [0.25, 0.3) is 10.8 Å². The number of hydrogen-bond donors (Lipinski definition) is 1. The Morgan fingerprint density at radius 1 is 1.00 bits per heavy atom. The van der Waals surface area contributed by atoms with Crippen LogP contribution in [0.1, 0.15) is 28.8 Å². The fourth-order valence-electron chi connectivity index (χ4n) is 4.03. The largest absolute Gasteiger partial charge is 0.496 e. The van der Waals surface area contributed by atoms with E-state index in [1.807, 2.05) is 60.7 Å². The SMILES string of the molecule is COc1ccc(C(=O)N2CCCC(C(=O)NOCc3ccccc3)C2)c2ccccc12. The molecule has 3 aromatic carbocycles. The second kappa shape index (κ2) is 9.62. The number of amides is 2. The molecule has 1 atom stereocenters. The topological polar surface area (TPSA) is 67.9 Å². The Morgan fingerprint density at radius 2 is 1.74 bits per heavy atom. The summed E-state index contributed by atoms with van der Waals surface area (Å²) in [5.41, 5.74) is 4.16. The normalized spacial score (nSPS) is 16.2. The fraction of sp³-hybridized carbons (Fsp3) is 0.280. The number of fused-ring (bicyclic) bond motifs is 1. The molecule has 4 rings (SSSR count). The van der Waals surface area contributed by atoms with Crippen LogP contribution in [-0.4, -0.2) is 36.9 Å². The zero-order valence-corrected chi connectivity index (χ0v) is 17.5. The maximum absolute atomic E-state index is 13.3. The van der Waals surface area contributed by atoms with E-state index in [4.69, 9.17) is 9.57 Å². The lowest BCUT2D eigenvalue weighted by atomic mass is 9.96. The van der Waals surface area contributed by atoms with Crippen LogP contribution in [0.15, 0.2) is 66.7 Å². The van der Waals surface area contributed by atoms with E-state index in [2.05, 4.69) is 5.48 Å². The van der Waals surface area contributed by atoms with Crippen LogP contribution in [0, 0.1) is 5.92 Å². The van der Waals surface area contributed by atoms with E-state index in [-0.39, 0.29) is 17.7 Å². The number of nitrogens with one attached hydrogen (secondary N) is 1. The van der Waals surface area contributed by atoms with E-state index in [1.165, 1.54) is 0 Å². The maximum Gasteiger partial charge on any atom is 0.254 e. The molecule has 1 unspecified atom stereocenters. The van der Waals surface area contributed by atoms with Crippen LogP contribution in [0.5, 0.6) is 5.75 Å². The summed E-state index contributed by atoms with van der Waals surface area (Å²) in [5, 5.41) is 1.75. The Hall–Kier alpha value is -3.38. The maximum atomic E-state index is 13.3. The summed E-state index contributed by atoms with van der Waals surface area (Å²) in [6, 6.07) is 21.0. The van der Waals surface area contributed by atoms with Crippen LogP contribution in [0.2, 0.25) is 0 Å². The summed E-state index contributed by atoms with van der Waals surface area (Å²) in [6.07, 6.45) is 1.50. The van der Waals surface area contributed by atoms with Crippen molar-refractivity contribution in [3.05, 3.63) is 77.9 Å². The first-order valence-corrected chi connectivity index (χ1v) is 10.5. The number of carbonyl (C=O) groups is 2. The molecule has 1 heterocycles. The number of carbonyl (C=O) groups excluding carboxylic acids is 2. The average Bonchev–Trinajstić information content (AvgIpc) is 2.83. The van der Waals surface area contributed by atoms with Gasteiger partial charge in [-0.25, -0.2) is 5.48 Å². The Morgan fingerprint density at radius 3 is 2.52 bits per heavy atom. The highest BCUT2D eigenvalue weighted by Gasteiger charge is 2.30. The molecule has 0 saturated carbocycles. The van der Waals surface area contributed by atoms with Crippen LogP contribution in [-0.2, 0) is 16.2 Å². The Balaban J connectivity index is 1.42. The summed E-state index contributed by atoms with van der Waals surface area (Å²) in [6.45, 7) is 1.31. The number of benzene rings is 3. The molecule has 0 spiro atoms. The first kappa shape index (κ1) is 20.9. The Labute approximate surface area is 181 Å².